The van der Waals surface area contributed by atoms with E-state index in [4.69, 9.17) is 21.1 Å². The lowest BCUT2D eigenvalue weighted by Gasteiger charge is -2.31. The Labute approximate surface area is 106 Å². The Balaban J connectivity index is 1.79. The number of rotatable bonds is 4. The van der Waals surface area contributed by atoms with E-state index in [1.54, 1.807) is 12.3 Å². The van der Waals surface area contributed by atoms with E-state index in [1.807, 2.05) is 6.07 Å². The molecule has 17 heavy (non-hydrogen) atoms. The second-order valence-corrected chi connectivity index (χ2v) is 4.40. The molecule has 1 unspecified atom stereocenters. The molecule has 0 spiro atoms. The molecular formula is C12H17ClN2O2. The van der Waals surface area contributed by atoms with E-state index in [-0.39, 0.29) is 6.10 Å². The number of likely N-dealkylation sites (N-methyl/N-ethyl adjacent to an activating group) is 1. The minimum atomic E-state index is 0.138. The largest absolute Gasteiger partial charge is 0.489 e. The Bertz CT molecular complexity index is 345. The Hall–Kier alpha value is -0.840. The molecule has 0 radical (unpaired) electrons. The summed E-state index contributed by atoms with van der Waals surface area (Å²) in [7, 11) is 0. The normalized spacial score (nSPS) is 21.4. The quantitative estimate of drug-likeness (QED) is 0.770. The molecule has 0 N–H and O–H groups in total. The Morgan fingerprint density at radius 3 is 3.18 bits per heavy atom. The van der Waals surface area contributed by atoms with E-state index < -0.39 is 0 Å². The summed E-state index contributed by atoms with van der Waals surface area (Å²) >= 11 is 5.70. The van der Waals surface area contributed by atoms with E-state index >= 15 is 0 Å². The fourth-order valence-electron chi connectivity index (χ4n) is 1.81. The highest BCUT2D eigenvalue weighted by molar-refractivity contribution is 6.29. The maximum absolute atomic E-state index is 5.70. The number of nitrogens with zero attached hydrogens (tertiary/aromatic N) is 2. The van der Waals surface area contributed by atoms with Crippen molar-refractivity contribution in [3.8, 4) is 5.75 Å². The third-order valence-corrected chi connectivity index (χ3v) is 3.03. The van der Waals surface area contributed by atoms with Crippen molar-refractivity contribution in [3.05, 3.63) is 23.5 Å². The van der Waals surface area contributed by atoms with Gasteiger partial charge in [0.2, 0.25) is 0 Å². The molecule has 1 saturated heterocycles. The van der Waals surface area contributed by atoms with Gasteiger partial charge in [0.15, 0.2) is 0 Å². The van der Waals surface area contributed by atoms with Crippen molar-refractivity contribution in [3.63, 3.8) is 0 Å². The van der Waals surface area contributed by atoms with Crippen LogP contribution in [-0.4, -0.2) is 48.8 Å². The van der Waals surface area contributed by atoms with Gasteiger partial charge in [-0.25, -0.2) is 4.98 Å². The topological polar surface area (TPSA) is 34.6 Å². The van der Waals surface area contributed by atoms with E-state index in [9.17, 15) is 0 Å². The van der Waals surface area contributed by atoms with Crippen LogP contribution in [0.1, 0.15) is 6.92 Å². The van der Waals surface area contributed by atoms with Crippen molar-refractivity contribution in [2.75, 3.05) is 32.8 Å². The zero-order valence-electron chi connectivity index (χ0n) is 9.93. The summed E-state index contributed by atoms with van der Waals surface area (Å²) in [4.78, 5) is 6.32. The third-order valence-electron chi connectivity index (χ3n) is 2.81. The maximum atomic E-state index is 5.70. The first kappa shape index (κ1) is 12.6. The van der Waals surface area contributed by atoms with Gasteiger partial charge in [-0.1, -0.05) is 18.5 Å². The van der Waals surface area contributed by atoms with E-state index in [1.165, 1.54) is 0 Å². The summed E-state index contributed by atoms with van der Waals surface area (Å²) < 4.78 is 11.3. The van der Waals surface area contributed by atoms with Gasteiger partial charge in [-0.2, -0.15) is 0 Å². The van der Waals surface area contributed by atoms with E-state index in [2.05, 4.69) is 16.8 Å². The summed E-state index contributed by atoms with van der Waals surface area (Å²) in [5, 5.41) is 0.475. The van der Waals surface area contributed by atoms with Crippen LogP contribution in [-0.2, 0) is 4.74 Å². The van der Waals surface area contributed by atoms with Gasteiger partial charge in [0.1, 0.15) is 23.6 Å². The van der Waals surface area contributed by atoms with Crippen molar-refractivity contribution >= 4 is 11.6 Å². The molecule has 94 valence electrons. The van der Waals surface area contributed by atoms with Gasteiger partial charge in [0.05, 0.1) is 12.8 Å². The maximum Gasteiger partial charge on any atom is 0.137 e. The molecular weight excluding hydrogens is 240 g/mol. The molecule has 1 aromatic rings. The van der Waals surface area contributed by atoms with Gasteiger partial charge in [-0.15, -0.1) is 0 Å². The Morgan fingerprint density at radius 1 is 1.59 bits per heavy atom. The van der Waals surface area contributed by atoms with Crippen molar-refractivity contribution in [1.82, 2.24) is 9.88 Å². The molecule has 1 fully saturated rings. The lowest BCUT2D eigenvalue weighted by Crippen LogP contribution is -2.44. The fraction of sp³-hybridized carbons (Fsp3) is 0.583. The Morgan fingerprint density at radius 2 is 2.47 bits per heavy atom. The lowest BCUT2D eigenvalue weighted by molar-refractivity contribution is -0.0464. The molecule has 2 rings (SSSR count). The predicted octanol–water partition coefficient (Wildman–Crippen LogP) is 1.83. The van der Waals surface area contributed by atoms with Crippen molar-refractivity contribution in [2.45, 2.75) is 13.0 Å². The first-order valence-corrected chi connectivity index (χ1v) is 6.24. The van der Waals surface area contributed by atoms with Crippen LogP contribution in [0.15, 0.2) is 18.3 Å². The predicted molar refractivity (Wildman–Crippen MR) is 66.6 cm³/mol. The third kappa shape index (κ3) is 3.84. The van der Waals surface area contributed by atoms with Gasteiger partial charge in [-0.3, -0.25) is 4.90 Å². The molecule has 4 nitrogen and oxygen atoms in total. The smallest absolute Gasteiger partial charge is 0.137 e. The van der Waals surface area contributed by atoms with Crippen LogP contribution in [0.3, 0.4) is 0 Å². The van der Waals surface area contributed by atoms with Gasteiger partial charge < -0.3 is 9.47 Å². The number of pyridine rings is 1. The van der Waals surface area contributed by atoms with Gasteiger partial charge in [0.25, 0.3) is 0 Å². The van der Waals surface area contributed by atoms with Gasteiger partial charge in [-0.05, 0) is 18.7 Å². The van der Waals surface area contributed by atoms with Crippen LogP contribution >= 0.6 is 11.6 Å². The molecule has 0 amide bonds. The van der Waals surface area contributed by atoms with E-state index in [0.29, 0.717) is 11.8 Å². The molecule has 1 atom stereocenters. The second-order valence-electron chi connectivity index (χ2n) is 4.01. The number of aromatic nitrogens is 1. The summed E-state index contributed by atoms with van der Waals surface area (Å²) in [6, 6.07) is 3.53. The molecule has 2 heterocycles. The summed E-state index contributed by atoms with van der Waals surface area (Å²) in [6.07, 6.45) is 1.77. The van der Waals surface area contributed by atoms with Crippen LogP contribution in [0.25, 0.3) is 0 Å². The van der Waals surface area contributed by atoms with E-state index in [0.717, 1.165) is 32.0 Å². The van der Waals surface area contributed by atoms with Crippen molar-refractivity contribution < 1.29 is 9.47 Å². The molecule has 1 aromatic heterocycles. The second kappa shape index (κ2) is 6.19. The standard InChI is InChI=1S/C12H17ClN2O2/c1-2-15-5-6-16-11(8-15)9-17-10-3-4-12(13)14-7-10/h3-4,7,11H,2,5-6,8-9H2,1H3. The lowest BCUT2D eigenvalue weighted by atomic mass is 10.3. The molecule has 0 aromatic carbocycles. The SMILES string of the molecule is CCN1CCOC(COc2ccc(Cl)nc2)C1. The van der Waals surface area contributed by atoms with Crippen LogP contribution in [0, 0.1) is 0 Å². The average Bonchev–Trinajstić information content (AvgIpc) is 2.38. The van der Waals surface area contributed by atoms with Crippen molar-refractivity contribution in [2.24, 2.45) is 0 Å². The monoisotopic (exact) mass is 256 g/mol. The summed E-state index contributed by atoms with van der Waals surface area (Å²) in [5.41, 5.74) is 0. The highest BCUT2D eigenvalue weighted by Gasteiger charge is 2.19. The van der Waals surface area contributed by atoms with Crippen LogP contribution < -0.4 is 4.74 Å². The zero-order valence-corrected chi connectivity index (χ0v) is 10.7. The summed E-state index contributed by atoms with van der Waals surface area (Å²) in [6.45, 7) is 6.49. The Kier molecular flexibility index (Phi) is 4.59. The zero-order chi connectivity index (χ0) is 12.1. The molecule has 0 aliphatic carbocycles. The molecule has 1 aliphatic heterocycles. The van der Waals surface area contributed by atoms with Gasteiger partial charge in [0, 0.05) is 13.1 Å². The minimum Gasteiger partial charge on any atom is -0.489 e. The fourth-order valence-corrected chi connectivity index (χ4v) is 1.92. The first-order chi connectivity index (χ1) is 8.28. The van der Waals surface area contributed by atoms with Crippen LogP contribution in [0.2, 0.25) is 5.15 Å². The number of hydrogen-bond acceptors (Lipinski definition) is 4. The average molecular weight is 257 g/mol. The molecule has 5 heteroatoms. The number of ether oxygens (including phenoxy) is 2. The number of halogens is 1. The highest BCUT2D eigenvalue weighted by Crippen LogP contribution is 2.13. The summed E-state index contributed by atoms with van der Waals surface area (Å²) in [5.74, 6) is 0.728. The number of hydrogen-bond donors (Lipinski definition) is 0. The molecule has 1 aliphatic rings. The molecule has 0 saturated carbocycles. The number of morpholine rings is 1. The minimum absolute atomic E-state index is 0.138. The highest BCUT2D eigenvalue weighted by atomic mass is 35.5. The molecule has 0 bridgehead atoms. The van der Waals surface area contributed by atoms with Crippen LogP contribution in [0.4, 0.5) is 0 Å². The van der Waals surface area contributed by atoms with Gasteiger partial charge >= 0.3 is 0 Å². The van der Waals surface area contributed by atoms with Crippen LogP contribution in [0.5, 0.6) is 5.75 Å². The van der Waals surface area contributed by atoms with Crippen molar-refractivity contribution in [1.29, 1.82) is 0 Å². The first-order valence-electron chi connectivity index (χ1n) is 5.86.